The van der Waals surface area contributed by atoms with Crippen molar-refractivity contribution in [2.75, 3.05) is 32.8 Å². The zero-order valence-corrected chi connectivity index (χ0v) is 38.3. The van der Waals surface area contributed by atoms with Crippen LogP contribution in [0.1, 0.15) is 207 Å². The number of aliphatic hydroxyl groups is 3. The van der Waals surface area contributed by atoms with Crippen molar-refractivity contribution in [3.63, 3.8) is 0 Å². The number of aliphatic hydroxyl groups excluding tert-OH is 3. The summed E-state index contributed by atoms with van der Waals surface area (Å²) in [6, 6.07) is 0. The Morgan fingerprint density at radius 1 is 0.586 bits per heavy atom. The molecule has 0 saturated carbocycles. The molecular formula is C49H92N6O3. The van der Waals surface area contributed by atoms with Crippen LogP contribution < -0.4 is 0 Å². The maximum absolute atomic E-state index is 9.69. The zero-order valence-electron chi connectivity index (χ0n) is 38.3. The predicted molar refractivity (Wildman–Crippen MR) is 250 cm³/mol. The van der Waals surface area contributed by atoms with E-state index in [2.05, 4.69) is 53.1 Å². The van der Waals surface area contributed by atoms with E-state index < -0.39 is 6.23 Å². The summed E-state index contributed by atoms with van der Waals surface area (Å²) in [6.07, 6.45) is 51.2. The molecule has 0 bridgehead atoms. The average Bonchev–Trinajstić information content (AvgIpc) is 4.02. The van der Waals surface area contributed by atoms with E-state index in [0.717, 1.165) is 50.7 Å². The summed E-state index contributed by atoms with van der Waals surface area (Å²) in [5.41, 5.74) is 0. The number of aromatic nitrogens is 2. The lowest BCUT2D eigenvalue weighted by Gasteiger charge is -2.23. The number of hydrogen-bond acceptors (Lipinski definition) is 8. The summed E-state index contributed by atoms with van der Waals surface area (Å²) < 4.78 is 1.82. The second-order valence-electron chi connectivity index (χ2n) is 16.5. The van der Waals surface area contributed by atoms with Crippen LogP contribution in [-0.2, 0) is 6.54 Å². The van der Waals surface area contributed by atoms with Crippen LogP contribution in [0.25, 0.3) is 0 Å². The molecule has 2 unspecified atom stereocenters. The van der Waals surface area contributed by atoms with E-state index in [-0.39, 0.29) is 12.8 Å². The van der Waals surface area contributed by atoms with Gasteiger partial charge in [0, 0.05) is 38.4 Å². The van der Waals surface area contributed by atoms with Crippen LogP contribution in [0, 0.1) is 0 Å². The lowest BCUT2D eigenvalue weighted by Crippen LogP contribution is -2.35. The van der Waals surface area contributed by atoms with E-state index in [1.807, 2.05) is 27.5 Å². The molecule has 2 aliphatic rings. The van der Waals surface area contributed by atoms with Gasteiger partial charge in [-0.3, -0.25) is 9.98 Å². The number of unbranched alkanes of at least 4 members (excludes halogenated alkanes) is 24. The molecule has 58 heavy (non-hydrogen) atoms. The fourth-order valence-corrected chi connectivity index (χ4v) is 7.49. The molecule has 0 amide bonds. The van der Waals surface area contributed by atoms with Gasteiger partial charge in [-0.25, -0.2) is 4.98 Å². The molecule has 0 saturated heterocycles. The molecule has 0 aliphatic carbocycles. The van der Waals surface area contributed by atoms with Crippen molar-refractivity contribution in [1.82, 2.24) is 19.4 Å². The van der Waals surface area contributed by atoms with Crippen molar-refractivity contribution in [2.45, 2.75) is 226 Å². The van der Waals surface area contributed by atoms with E-state index in [1.165, 1.54) is 167 Å². The van der Waals surface area contributed by atoms with Gasteiger partial charge in [0.25, 0.3) is 0 Å². The number of amidine groups is 2. The van der Waals surface area contributed by atoms with E-state index in [4.69, 9.17) is 5.11 Å². The fraction of sp³-hybridized carbons (Fsp3) is 0.816. The van der Waals surface area contributed by atoms with Crippen LogP contribution in [0.3, 0.4) is 0 Å². The number of rotatable bonds is 34. The first-order valence-corrected chi connectivity index (χ1v) is 24.3. The van der Waals surface area contributed by atoms with Crippen LogP contribution >= 0.6 is 0 Å². The quantitative estimate of drug-likeness (QED) is 0.0472. The summed E-state index contributed by atoms with van der Waals surface area (Å²) >= 11 is 0. The van der Waals surface area contributed by atoms with Crippen LogP contribution in [-0.4, -0.2) is 91.6 Å². The second-order valence-corrected chi connectivity index (χ2v) is 16.5. The molecule has 0 radical (unpaired) electrons. The molecule has 9 heteroatoms. The highest BCUT2D eigenvalue weighted by molar-refractivity contribution is 5.94. The summed E-state index contributed by atoms with van der Waals surface area (Å²) in [5.74, 6) is 2.07. The van der Waals surface area contributed by atoms with Crippen LogP contribution in [0.15, 0.2) is 53.0 Å². The summed E-state index contributed by atoms with van der Waals surface area (Å²) in [5, 5.41) is 27.7. The highest BCUT2D eigenvalue weighted by atomic mass is 16.3. The minimum atomic E-state index is -0.428. The maximum atomic E-state index is 9.69. The van der Waals surface area contributed by atoms with Gasteiger partial charge in [0.1, 0.15) is 24.1 Å². The molecule has 2 atom stereocenters. The average molecular weight is 813 g/mol. The van der Waals surface area contributed by atoms with Gasteiger partial charge < -0.3 is 29.7 Å². The lowest BCUT2D eigenvalue weighted by molar-refractivity contribution is 0.0765. The standard InChI is InChI=1S/2C22H42N2O.C5H8N2O/c2*1-3-4-5-6-7-8-9-10-11-12-13-14-15-16-17-18-22-23-19-20-24(22)21(2)25;8-4-3-7-2-1-6-5-7/h17-18,21,25H,3-16,19-20H2,1-2H3;10-11,21,25H,3-9,12-20H2,1-2H3;1-2,5,8H,3-4H2/b18-17+;11-10+;. The topological polar surface area (TPSA) is 110 Å². The molecule has 3 rings (SSSR count). The first kappa shape index (κ1) is 53.5. The molecule has 0 aromatic carbocycles. The third-order valence-electron chi connectivity index (χ3n) is 11.1. The Balaban J connectivity index is 0.000000486. The van der Waals surface area contributed by atoms with Gasteiger partial charge in [-0.05, 0) is 64.9 Å². The smallest absolute Gasteiger partial charge is 0.125 e. The molecule has 0 fully saturated rings. The Morgan fingerprint density at radius 3 is 1.50 bits per heavy atom. The minimum absolute atomic E-state index is 0.177. The van der Waals surface area contributed by atoms with Gasteiger partial charge >= 0.3 is 0 Å². The highest BCUT2D eigenvalue weighted by Gasteiger charge is 2.20. The highest BCUT2D eigenvalue weighted by Crippen LogP contribution is 2.16. The SMILES string of the molecule is CCCCCCCC/C=C/CCCCCCCC1=NCCN1C(C)O.CCCCCCCCCCCCCCC/C=C/C1=NCCN1C(C)O.OCCn1ccnc1. The van der Waals surface area contributed by atoms with Crippen LogP contribution in [0.4, 0.5) is 0 Å². The van der Waals surface area contributed by atoms with E-state index in [9.17, 15) is 10.2 Å². The number of hydrogen-bond donors (Lipinski definition) is 3. The van der Waals surface area contributed by atoms with Gasteiger partial charge in [-0.15, -0.1) is 0 Å². The molecule has 2 aliphatic heterocycles. The lowest BCUT2D eigenvalue weighted by atomic mass is 10.0. The number of aliphatic imine (C=N–C) groups is 2. The van der Waals surface area contributed by atoms with E-state index in [1.54, 1.807) is 19.4 Å². The fourth-order valence-electron chi connectivity index (χ4n) is 7.49. The molecule has 0 spiro atoms. The summed E-state index contributed by atoms with van der Waals surface area (Å²) in [6.45, 7) is 12.4. The first-order chi connectivity index (χ1) is 28.4. The van der Waals surface area contributed by atoms with E-state index in [0.29, 0.717) is 6.54 Å². The monoisotopic (exact) mass is 813 g/mol. The number of nitrogens with zero attached hydrogens (tertiary/aromatic N) is 6. The van der Waals surface area contributed by atoms with Gasteiger partial charge in [0.2, 0.25) is 0 Å². The Kier molecular flexibility index (Phi) is 36.9. The molecular weight excluding hydrogens is 721 g/mol. The van der Waals surface area contributed by atoms with Gasteiger partial charge in [-0.2, -0.15) is 0 Å². The van der Waals surface area contributed by atoms with Gasteiger partial charge in [0.05, 0.1) is 26.0 Å². The zero-order chi connectivity index (χ0) is 42.2. The number of imidazole rings is 1. The van der Waals surface area contributed by atoms with Crippen molar-refractivity contribution in [1.29, 1.82) is 0 Å². The molecule has 9 nitrogen and oxygen atoms in total. The Hall–Kier alpha value is -2.49. The van der Waals surface area contributed by atoms with Crippen molar-refractivity contribution >= 4 is 11.7 Å². The van der Waals surface area contributed by atoms with Gasteiger partial charge in [0.15, 0.2) is 0 Å². The van der Waals surface area contributed by atoms with Gasteiger partial charge in [-0.1, -0.05) is 160 Å². The molecule has 1 aromatic heterocycles. The normalized spacial score (nSPS) is 15.1. The molecule has 3 heterocycles. The Labute approximate surface area is 357 Å². The van der Waals surface area contributed by atoms with E-state index >= 15 is 0 Å². The largest absolute Gasteiger partial charge is 0.395 e. The number of allylic oxidation sites excluding steroid dienone is 3. The Morgan fingerprint density at radius 2 is 1.03 bits per heavy atom. The Bertz CT molecular complexity index is 1130. The van der Waals surface area contributed by atoms with Crippen molar-refractivity contribution in [3.8, 4) is 0 Å². The third kappa shape index (κ3) is 30.5. The third-order valence-corrected chi connectivity index (χ3v) is 11.1. The van der Waals surface area contributed by atoms with Crippen molar-refractivity contribution < 1.29 is 15.3 Å². The van der Waals surface area contributed by atoms with Crippen molar-refractivity contribution in [3.05, 3.63) is 43.0 Å². The van der Waals surface area contributed by atoms with Crippen LogP contribution in [0.5, 0.6) is 0 Å². The molecule has 1 aromatic rings. The molecule has 3 N–H and O–H groups in total. The molecule has 336 valence electrons. The first-order valence-electron chi connectivity index (χ1n) is 24.3. The predicted octanol–water partition coefficient (Wildman–Crippen LogP) is 12.0. The van der Waals surface area contributed by atoms with Crippen LogP contribution in [0.2, 0.25) is 0 Å². The van der Waals surface area contributed by atoms with Crippen molar-refractivity contribution in [2.24, 2.45) is 9.98 Å². The second kappa shape index (κ2) is 39.9. The summed E-state index contributed by atoms with van der Waals surface area (Å²) in [7, 11) is 0. The maximum Gasteiger partial charge on any atom is 0.125 e. The minimum Gasteiger partial charge on any atom is -0.395 e. The summed E-state index contributed by atoms with van der Waals surface area (Å²) in [4.78, 5) is 16.7.